The molecular weight excluding hydrogens is 262 g/mol. The number of carbonyl (C=O) groups excluding carboxylic acids is 1. The highest BCUT2D eigenvalue weighted by atomic mass is 16.4. The van der Waals surface area contributed by atoms with Crippen molar-refractivity contribution in [2.75, 3.05) is 34.2 Å². The zero-order valence-electron chi connectivity index (χ0n) is 12.6. The number of hydrogen-bond donors (Lipinski definition) is 4. The lowest BCUT2D eigenvalue weighted by atomic mass is 10.1. The monoisotopic (exact) mass is 290 g/mol. The summed E-state index contributed by atoms with van der Waals surface area (Å²) >= 11 is 0. The molecule has 7 heteroatoms. The minimum Gasteiger partial charge on any atom is -0.480 e. The van der Waals surface area contributed by atoms with Gasteiger partial charge in [0.1, 0.15) is 18.7 Å². The van der Waals surface area contributed by atoms with Crippen molar-refractivity contribution in [1.82, 2.24) is 5.32 Å². The Morgan fingerprint density at radius 1 is 1.25 bits per heavy atom. The van der Waals surface area contributed by atoms with E-state index in [2.05, 4.69) is 5.32 Å². The third-order valence-corrected chi connectivity index (χ3v) is 2.76. The third kappa shape index (κ3) is 10.7. The van der Waals surface area contributed by atoms with Crippen molar-refractivity contribution in [1.29, 1.82) is 0 Å². The van der Waals surface area contributed by atoms with E-state index in [1.165, 1.54) is 0 Å². The van der Waals surface area contributed by atoms with Crippen LogP contribution in [0.3, 0.4) is 0 Å². The van der Waals surface area contributed by atoms with E-state index in [-0.39, 0.29) is 12.3 Å². The van der Waals surface area contributed by atoms with E-state index in [0.29, 0.717) is 36.8 Å². The van der Waals surface area contributed by atoms with E-state index in [9.17, 15) is 14.7 Å². The summed E-state index contributed by atoms with van der Waals surface area (Å²) in [6.07, 6.45) is 1.16. The topological polar surface area (TPSA) is 113 Å². The van der Waals surface area contributed by atoms with Gasteiger partial charge in [-0.1, -0.05) is 0 Å². The molecule has 0 radical (unpaired) electrons. The Labute approximate surface area is 120 Å². The number of nitrogens with one attached hydrogen (secondary N) is 1. The van der Waals surface area contributed by atoms with Gasteiger partial charge < -0.3 is 25.7 Å². The number of carboxylic acid groups (broad SMARTS) is 1. The molecule has 0 aliphatic carbocycles. The van der Waals surface area contributed by atoms with Crippen molar-refractivity contribution >= 4 is 11.9 Å². The average molecular weight is 290 g/mol. The Kier molecular flexibility index (Phi) is 8.36. The highest BCUT2D eigenvalue weighted by Crippen LogP contribution is 2.01. The minimum absolute atomic E-state index is 0.0875. The summed E-state index contributed by atoms with van der Waals surface area (Å²) in [5.41, 5.74) is 5.36. The molecule has 118 valence electrons. The van der Waals surface area contributed by atoms with Gasteiger partial charge in [-0.3, -0.25) is 9.59 Å². The number of carboxylic acids is 1. The number of quaternary nitrogens is 1. The second-order valence-electron chi connectivity index (χ2n) is 6.12. The highest BCUT2D eigenvalue weighted by Gasteiger charge is 2.18. The lowest BCUT2D eigenvalue weighted by Gasteiger charge is -2.26. The van der Waals surface area contributed by atoms with Gasteiger partial charge in [0.2, 0.25) is 5.91 Å². The maximum atomic E-state index is 11.5. The van der Waals surface area contributed by atoms with Crippen LogP contribution < -0.4 is 11.1 Å². The first-order valence-corrected chi connectivity index (χ1v) is 6.85. The molecule has 0 spiro atoms. The largest absolute Gasteiger partial charge is 0.480 e. The molecular formula is C13H28N3O4+. The molecule has 0 bridgehead atoms. The molecule has 0 aromatic carbocycles. The van der Waals surface area contributed by atoms with Crippen LogP contribution in [0, 0.1) is 0 Å². The Balaban J connectivity index is 3.66. The van der Waals surface area contributed by atoms with Gasteiger partial charge in [0.05, 0.1) is 27.6 Å². The first-order valence-electron chi connectivity index (χ1n) is 6.85. The van der Waals surface area contributed by atoms with Crippen LogP contribution in [0.5, 0.6) is 0 Å². The normalized spacial score (nSPS) is 14.7. The summed E-state index contributed by atoms with van der Waals surface area (Å²) in [4.78, 5) is 22.0. The van der Waals surface area contributed by atoms with Crippen LogP contribution in [0.1, 0.15) is 25.7 Å². The van der Waals surface area contributed by atoms with Crippen molar-refractivity contribution in [2.24, 2.45) is 5.73 Å². The first kappa shape index (κ1) is 18.8. The average Bonchev–Trinajstić information content (AvgIpc) is 2.25. The molecule has 0 aliphatic heterocycles. The Bertz CT molecular complexity index is 315. The second kappa shape index (κ2) is 8.89. The number of nitrogens with zero attached hydrogens (tertiary/aromatic N) is 1. The van der Waals surface area contributed by atoms with Gasteiger partial charge in [-0.05, 0) is 19.3 Å². The number of hydrogen-bond acceptors (Lipinski definition) is 4. The number of aliphatic hydroxyl groups excluding tert-OH is 1. The minimum atomic E-state index is -1.00. The van der Waals surface area contributed by atoms with Crippen LogP contribution in [-0.4, -0.2) is 73.0 Å². The van der Waals surface area contributed by atoms with Crippen LogP contribution >= 0.6 is 0 Å². The quantitative estimate of drug-likeness (QED) is 0.309. The van der Waals surface area contributed by atoms with Crippen LogP contribution in [0.2, 0.25) is 0 Å². The second-order valence-corrected chi connectivity index (χ2v) is 6.12. The molecule has 7 nitrogen and oxygen atoms in total. The SMILES string of the molecule is C[N+](C)(C)C[C@H](O)CC(=O)NCCCC[C@H](N)C(=O)O. The molecule has 0 aliphatic rings. The fourth-order valence-electron chi connectivity index (χ4n) is 1.82. The molecule has 2 atom stereocenters. The summed E-state index contributed by atoms with van der Waals surface area (Å²) in [6, 6.07) is -0.836. The van der Waals surface area contributed by atoms with Gasteiger partial charge in [0.15, 0.2) is 0 Å². The van der Waals surface area contributed by atoms with E-state index in [1.807, 2.05) is 21.1 Å². The lowest BCUT2D eigenvalue weighted by molar-refractivity contribution is -0.873. The van der Waals surface area contributed by atoms with E-state index >= 15 is 0 Å². The number of unbranched alkanes of at least 4 members (excludes halogenated alkanes) is 1. The van der Waals surface area contributed by atoms with Crippen molar-refractivity contribution in [2.45, 2.75) is 37.8 Å². The zero-order chi connectivity index (χ0) is 15.8. The molecule has 5 N–H and O–H groups in total. The maximum Gasteiger partial charge on any atom is 0.320 e. The van der Waals surface area contributed by atoms with E-state index in [1.54, 1.807) is 0 Å². The lowest BCUT2D eigenvalue weighted by Crippen LogP contribution is -2.43. The molecule has 0 fully saturated rings. The fourth-order valence-corrected chi connectivity index (χ4v) is 1.82. The molecule has 0 saturated heterocycles. The third-order valence-electron chi connectivity index (χ3n) is 2.76. The van der Waals surface area contributed by atoms with Gasteiger partial charge in [-0.2, -0.15) is 0 Å². The molecule has 0 unspecified atom stereocenters. The number of carbonyl (C=O) groups is 2. The number of aliphatic hydroxyl groups is 1. The van der Waals surface area contributed by atoms with Crippen LogP contribution in [0.4, 0.5) is 0 Å². The van der Waals surface area contributed by atoms with Crippen molar-refractivity contribution < 1.29 is 24.3 Å². The van der Waals surface area contributed by atoms with Crippen LogP contribution in [0.25, 0.3) is 0 Å². The molecule has 0 saturated carbocycles. The highest BCUT2D eigenvalue weighted by molar-refractivity contribution is 5.76. The molecule has 1 amide bonds. The number of likely N-dealkylation sites (N-methyl/N-ethyl adjacent to an activating group) is 1. The van der Waals surface area contributed by atoms with Gasteiger partial charge in [0, 0.05) is 6.54 Å². The predicted molar refractivity (Wildman–Crippen MR) is 76.0 cm³/mol. The molecule has 20 heavy (non-hydrogen) atoms. The fraction of sp³-hybridized carbons (Fsp3) is 0.846. The Morgan fingerprint density at radius 3 is 2.35 bits per heavy atom. The summed E-state index contributed by atoms with van der Waals surface area (Å²) < 4.78 is 0.599. The van der Waals surface area contributed by atoms with Crippen molar-refractivity contribution in [3.63, 3.8) is 0 Å². The van der Waals surface area contributed by atoms with Gasteiger partial charge in [-0.25, -0.2) is 0 Å². The number of amides is 1. The number of nitrogens with two attached hydrogens (primary N) is 1. The summed E-state index contributed by atoms with van der Waals surface area (Å²) in [6.45, 7) is 0.989. The Hall–Kier alpha value is -1.18. The number of rotatable bonds is 10. The van der Waals surface area contributed by atoms with E-state index in [0.717, 1.165) is 0 Å². The number of aliphatic carboxylic acids is 1. The molecule has 0 aromatic rings. The smallest absolute Gasteiger partial charge is 0.320 e. The molecule has 0 heterocycles. The zero-order valence-corrected chi connectivity index (χ0v) is 12.6. The maximum absolute atomic E-state index is 11.5. The van der Waals surface area contributed by atoms with E-state index < -0.39 is 18.1 Å². The van der Waals surface area contributed by atoms with Crippen molar-refractivity contribution in [3.8, 4) is 0 Å². The Morgan fingerprint density at radius 2 is 1.85 bits per heavy atom. The molecule has 0 aromatic heterocycles. The van der Waals surface area contributed by atoms with Gasteiger partial charge >= 0.3 is 5.97 Å². The van der Waals surface area contributed by atoms with Crippen LogP contribution in [-0.2, 0) is 9.59 Å². The summed E-state index contributed by atoms with van der Waals surface area (Å²) in [5, 5.41) is 21.0. The van der Waals surface area contributed by atoms with Gasteiger partial charge in [0.25, 0.3) is 0 Å². The summed E-state index contributed by atoms with van der Waals surface area (Å²) in [7, 11) is 5.85. The standard InChI is InChI=1S/C13H27N3O4/c1-16(2,3)9-10(17)8-12(18)15-7-5-4-6-11(14)13(19)20/h10-11,17H,4-9,14H2,1-3H3,(H-,15,18,19,20)/p+1/t10-,11+/m1/s1. The van der Waals surface area contributed by atoms with Crippen molar-refractivity contribution in [3.05, 3.63) is 0 Å². The predicted octanol–water partition coefficient (Wildman–Crippen LogP) is -0.858. The molecule has 0 rings (SSSR count). The first-order chi connectivity index (χ1) is 9.11. The van der Waals surface area contributed by atoms with Crippen LogP contribution in [0.15, 0.2) is 0 Å². The summed E-state index contributed by atoms with van der Waals surface area (Å²) in [5.74, 6) is -1.19. The van der Waals surface area contributed by atoms with Gasteiger partial charge in [-0.15, -0.1) is 0 Å². The van der Waals surface area contributed by atoms with E-state index in [4.69, 9.17) is 10.8 Å².